The lowest BCUT2D eigenvalue weighted by molar-refractivity contribution is -0.113. The van der Waals surface area contributed by atoms with Crippen LogP contribution in [0.25, 0.3) is 17.5 Å². The van der Waals surface area contributed by atoms with Gasteiger partial charge in [0, 0.05) is 23.9 Å². The second-order valence-corrected chi connectivity index (χ2v) is 5.66. The van der Waals surface area contributed by atoms with Gasteiger partial charge >= 0.3 is 0 Å². The lowest BCUT2D eigenvalue weighted by Crippen LogP contribution is -2.21. The van der Waals surface area contributed by atoms with Gasteiger partial charge in [-0.25, -0.2) is 4.68 Å². The van der Waals surface area contributed by atoms with E-state index in [2.05, 4.69) is 20.8 Å². The molecule has 25 heavy (non-hydrogen) atoms. The summed E-state index contributed by atoms with van der Waals surface area (Å²) in [5.41, 5.74) is 2.97. The van der Waals surface area contributed by atoms with Crippen molar-refractivity contribution in [2.24, 2.45) is 7.05 Å². The van der Waals surface area contributed by atoms with E-state index in [4.69, 9.17) is 4.74 Å². The predicted octanol–water partition coefficient (Wildman–Crippen LogP) is 2.29. The van der Waals surface area contributed by atoms with Crippen LogP contribution in [0.3, 0.4) is 0 Å². The summed E-state index contributed by atoms with van der Waals surface area (Å²) in [6.07, 6.45) is 1.85. The van der Waals surface area contributed by atoms with Gasteiger partial charge in [0.1, 0.15) is 12.4 Å². The van der Waals surface area contributed by atoms with Gasteiger partial charge in [0.2, 0.25) is 0 Å². The van der Waals surface area contributed by atoms with Gasteiger partial charge in [0.05, 0.1) is 5.57 Å². The molecule has 7 heteroatoms. The average Bonchev–Trinajstić information content (AvgIpc) is 3.07. The van der Waals surface area contributed by atoms with Gasteiger partial charge in [-0.2, -0.15) is 0 Å². The first-order valence-electron chi connectivity index (χ1n) is 7.77. The maximum absolute atomic E-state index is 12.5. The van der Waals surface area contributed by atoms with Gasteiger partial charge in [0.15, 0.2) is 5.82 Å². The molecule has 1 N–H and O–H groups in total. The molecule has 1 aliphatic heterocycles. The highest BCUT2D eigenvalue weighted by molar-refractivity contribution is 6.07. The minimum absolute atomic E-state index is 0.192. The summed E-state index contributed by atoms with van der Waals surface area (Å²) in [7, 11) is 1.77. The molecule has 1 aromatic heterocycles. The summed E-state index contributed by atoms with van der Waals surface area (Å²) < 4.78 is 7.21. The Morgan fingerprint density at radius 3 is 2.92 bits per heavy atom. The molecule has 0 radical (unpaired) electrons. The zero-order valence-electron chi connectivity index (χ0n) is 13.5. The molecule has 0 bridgehead atoms. The third-order valence-electron chi connectivity index (χ3n) is 3.92. The Kier molecular flexibility index (Phi) is 3.74. The van der Waals surface area contributed by atoms with Crippen LogP contribution in [0.2, 0.25) is 0 Å². The van der Waals surface area contributed by atoms with E-state index in [0.29, 0.717) is 17.1 Å². The number of carbonyl (C=O) groups excluding carboxylic acids is 1. The number of aryl methyl sites for hydroxylation is 1. The number of rotatable bonds is 3. The normalized spacial score (nSPS) is 12.8. The van der Waals surface area contributed by atoms with Crippen molar-refractivity contribution in [3.8, 4) is 17.1 Å². The summed E-state index contributed by atoms with van der Waals surface area (Å²) in [4.78, 5) is 12.5. The molecule has 124 valence electrons. The third-order valence-corrected chi connectivity index (χ3v) is 3.92. The molecule has 2 heterocycles. The van der Waals surface area contributed by atoms with Crippen LogP contribution >= 0.6 is 0 Å². The van der Waals surface area contributed by atoms with E-state index in [1.807, 2.05) is 54.6 Å². The first kappa shape index (κ1) is 15.1. The molecule has 1 amide bonds. The van der Waals surface area contributed by atoms with E-state index < -0.39 is 0 Å². The second-order valence-electron chi connectivity index (χ2n) is 5.66. The molecule has 0 unspecified atom stereocenters. The molecule has 4 rings (SSSR count). The lowest BCUT2D eigenvalue weighted by Gasteiger charge is -2.17. The van der Waals surface area contributed by atoms with Gasteiger partial charge in [-0.05, 0) is 34.7 Å². The first-order valence-corrected chi connectivity index (χ1v) is 7.77. The molecule has 3 aromatic rings. The maximum atomic E-state index is 12.5. The van der Waals surface area contributed by atoms with E-state index in [-0.39, 0.29) is 12.5 Å². The number of aromatic nitrogens is 4. The minimum atomic E-state index is -0.192. The number of para-hydroxylation sites is 1. The number of carbonyl (C=O) groups is 1. The number of benzene rings is 2. The van der Waals surface area contributed by atoms with E-state index in [1.54, 1.807) is 11.7 Å². The molecule has 2 aromatic carbocycles. The molecule has 1 aliphatic rings. The van der Waals surface area contributed by atoms with Crippen LogP contribution in [0, 0.1) is 0 Å². The van der Waals surface area contributed by atoms with Crippen LogP contribution < -0.4 is 10.1 Å². The largest absolute Gasteiger partial charge is 0.488 e. The van der Waals surface area contributed by atoms with E-state index in [0.717, 1.165) is 16.9 Å². The van der Waals surface area contributed by atoms with E-state index >= 15 is 0 Å². The third kappa shape index (κ3) is 2.99. The number of fused-ring (bicyclic) bond motifs is 1. The summed E-state index contributed by atoms with van der Waals surface area (Å²) in [6.45, 7) is 0.246. The van der Waals surface area contributed by atoms with E-state index in [9.17, 15) is 4.79 Å². The Morgan fingerprint density at radius 2 is 2.08 bits per heavy atom. The average molecular weight is 333 g/mol. The number of hydrogen-bond donors (Lipinski definition) is 1. The van der Waals surface area contributed by atoms with Crippen molar-refractivity contribution in [3.05, 3.63) is 59.7 Å². The van der Waals surface area contributed by atoms with Crippen molar-refractivity contribution in [1.82, 2.24) is 20.2 Å². The fourth-order valence-electron chi connectivity index (χ4n) is 2.67. The summed E-state index contributed by atoms with van der Waals surface area (Å²) in [6, 6.07) is 15.0. The molecule has 0 saturated heterocycles. The van der Waals surface area contributed by atoms with Crippen LogP contribution in [0.1, 0.15) is 5.56 Å². The molecular weight excluding hydrogens is 318 g/mol. The second kappa shape index (κ2) is 6.20. The Morgan fingerprint density at radius 1 is 1.20 bits per heavy atom. The summed E-state index contributed by atoms with van der Waals surface area (Å²) >= 11 is 0. The molecule has 7 nitrogen and oxygen atoms in total. The van der Waals surface area contributed by atoms with E-state index in [1.165, 1.54) is 0 Å². The topological polar surface area (TPSA) is 81.9 Å². The quantitative estimate of drug-likeness (QED) is 0.795. The van der Waals surface area contributed by atoms with Crippen molar-refractivity contribution < 1.29 is 9.53 Å². The Hall–Kier alpha value is -3.48. The van der Waals surface area contributed by atoms with Crippen molar-refractivity contribution in [3.63, 3.8) is 0 Å². The Balaban J connectivity index is 1.56. The molecule has 0 atom stereocenters. The summed E-state index contributed by atoms with van der Waals surface area (Å²) in [5, 5.41) is 14.3. The lowest BCUT2D eigenvalue weighted by atomic mass is 10.1. The molecular formula is C18H15N5O2. The Labute approximate surface area is 143 Å². The number of anilines is 1. The fourth-order valence-corrected chi connectivity index (χ4v) is 2.67. The van der Waals surface area contributed by atoms with Crippen molar-refractivity contribution in [2.45, 2.75) is 0 Å². The highest BCUT2D eigenvalue weighted by Crippen LogP contribution is 2.26. The standard InChI is InChI=1S/C18H15N5O2/c1-23-17(20-21-22-23)13-6-4-7-15(10-13)19-18(24)14-9-12-5-2-3-8-16(12)25-11-14/h2-10H,11H2,1H3,(H,19,24). The fraction of sp³-hybridized carbons (Fsp3) is 0.111. The highest BCUT2D eigenvalue weighted by atomic mass is 16.5. The van der Waals surface area contributed by atoms with Crippen LogP contribution in [0.4, 0.5) is 5.69 Å². The number of tetrazole rings is 1. The molecule has 0 saturated carbocycles. The number of ether oxygens (including phenoxy) is 1. The van der Waals surface area contributed by atoms with Gasteiger partial charge in [-0.3, -0.25) is 4.79 Å². The monoisotopic (exact) mass is 333 g/mol. The van der Waals surface area contributed by atoms with Gasteiger partial charge in [-0.15, -0.1) is 5.10 Å². The number of hydrogen-bond acceptors (Lipinski definition) is 5. The Bertz CT molecular complexity index is 977. The molecule has 0 spiro atoms. The van der Waals surface area contributed by atoms with Crippen LogP contribution in [0.5, 0.6) is 5.75 Å². The van der Waals surface area contributed by atoms with Crippen molar-refractivity contribution in [1.29, 1.82) is 0 Å². The SMILES string of the molecule is Cn1nnnc1-c1cccc(NC(=O)C2=Cc3ccccc3OC2)c1. The smallest absolute Gasteiger partial charge is 0.255 e. The number of nitrogens with zero attached hydrogens (tertiary/aromatic N) is 4. The minimum Gasteiger partial charge on any atom is -0.488 e. The number of amides is 1. The van der Waals surface area contributed by atoms with Crippen LogP contribution in [0.15, 0.2) is 54.1 Å². The van der Waals surface area contributed by atoms with Crippen LogP contribution in [-0.2, 0) is 11.8 Å². The predicted molar refractivity (Wildman–Crippen MR) is 92.8 cm³/mol. The summed E-state index contributed by atoms with van der Waals surface area (Å²) in [5.74, 6) is 1.23. The van der Waals surface area contributed by atoms with Gasteiger partial charge < -0.3 is 10.1 Å². The van der Waals surface area contributed by atoms with Gasteiger partial charge in [-0.1, -0.05) is 30.3 Å². The zero-order chi connectivity index (χ0) is 17.2. The van der Waals surface area contributed by atoms with Crippen molar-refractivity contribution in [2.75, 3.05) is 11.9 Å². The highest BCUT2D eigenvalue weighted by Gasteiger charge is 2.17. The number of nitrogens with one attached hydrogen (secondary N) is 1. The van der Waals surface area contributed by atoms with Gasteiger partial charge in [0.25, 0.3) is 5.91 Å². The maximum Gasteiger partial charge on any atom is 0.255 e. The zero-order valence-corrected chi connectivity index (χ0v) is 13.5. The molecule has 0 aliphatic carbocycles. The first-order chi connectivity index (χ1) is 12.2. The molecule has 0 fully saturated rings. The van der Waals surface area contributed by atoms with Crippen LogP contribution in [-0.4, -0.2) is 32.7 Å². The van der Waals surface area contributed by atoms with Crippen molar-refractivity contribution >= 4 is 17.7 Å².